The van der Waals surface area contributed by atoms with E-state index in [0.717, 1.165) is 17.9 Å². The third-order valence-corrected chi connectivity index (χ3v) is 5.81. The molecule has 3 heteroatoms. The van der Waals surface area contributed by atoms with Crippen molar-refractivity contribution < 1.29 is 0 Å². The molecular weight excluding hydrogens is 301 g/mol. The Morgan fingerprint density at radius 3 is 2.57 bits per heavy atom. The van der Waals surface area contributed by atoms with Gasteiger partial charge in [-0.05, 0) is 42.7 Å². The molecule has 1 unspecified atom stereocenters. The molecule has 118 valence electrons. The zero-order chi connectivity index (χ0) is 15.2. The molecule has 0 aliphatic heterocycles. The smallest absolute Gasteiger partial charge is 0.0624 e. The Hall–Kier alpha value is -0.240. The van der Waals surface area contributed by atoms with Crippen molar-refractivity contribution in [2.75, 3.05) is 0 Å². The summed E-state index contributed by atoms with van der Waals surface area (Å²) < 4.78 is 0. The van der Waals surface area contributed by atoms with Crippen LogP contribution in [0.25, 0.3) is 0 Å². The Morgan fingerprint density at radius 2 is 1.90 bits per heavy atom. The maximum absolute atomic E-state index is 6.44. The molecule has 1 aromatic carbocycles. The van der Waals surface area contributed by atoms with Crippen molar-refractivity contribution >= 4 is 23.2 Å². The Labute approximate surface area is 139 Å². The second-order valence-electron chi connectivity index (χ2n) is 6.50. The molecule has 21 heavy (non-hydrogen) atoms. The summed E-state index contributed by atoms with van der Waals surface area (Å²) in [5, 5.41) is 1.30. The maximum atomic E-state index is 6.44. The largest absolute Gasteiger partial charge is 0.327 e. The van der Waals surface area contributed by atoms with Crippen molar-refractivity contribution in [3.63, 3.8) is 0 Å². The van der Waals surface area contributed by atoms with E-state index in [1.54, 1.807) is 0 Å². The molecule has 1 aliphatic rings. The van der Waals surface area contributed by atoms with Gasteiger partial charge in [-0.2, -0.15) is 0 Å². The van der Waals surface area contributed by atoms with Crippen molar-refractivity contribution in [1.82, 2.24) is 0 Å². The van der Waals surface area contributed by atoms with Gasteiger partial charge in [0.25, 0.3) is 0 Å². The van der Waals surface area contributed by atoms with Crippen LogP contribution in [0.5, 0.6) is 0 Å². The molecule has 2 rings (SSSR count). The van der Waals surface area contributed by atoms with Crippen LogP contribution < -0.4 is 5.73 Å². The standard InChI is InChI=1S/C18H27Cl2N/c1-2-3-5-13-8-10-14(11-9-13)17(21)12-15-6-4-7-16(19)18(15)20/h4,6-7,13-14,17H,2-3,5,8-12,21H2,1H3. The van der Waals surface area contributed by atoms with Crippen LogP contribution >= 0.6 is 23.2 Å². The third kappa shape index (κ3) is 4.87. The van der Waals surface area contributed by atoms with E-state index in [1.165, 1.54) is 44.9 Å². The lowest BCUT2D eigenvalue weighted by Gasteiger charge is -2.32. The number of halogens is 2. The molecule has 0 radical (unpaired) electrons. The first-order chi connectivity index (χ1) is 10.1. The first-order valence-corrected chi connectivity index (χ1v) is 9.05. The topological polar surface area (TPSA) is 26.0 Å². The summed E-state index contributed by atoms with van der Waals surface area (Å²) >= 11 is 12.3. The summed E-state index contributed by atoms with van der Waals surface area (Å²) in [7, 11) is 0. The summed E-state index contributed by atoms with van der Waals surface area (Å²) in [5.41, 5.74) is 7.53. The summed E-state index contributed by atoms with van der Waals surface area (Å²) in [6.45, 7) is 2.27. The van der Waals surface area contributed by atoms with Crippen LogP contribution in [-0.4, -0.2) is 6.04 Å². The minimum Gasteiger partial charge on any atom is -0.327 e. The molecule has 1 atom stereocenters. The number of hydrogen-bond acceptors (Lipinski definition) is 1. The lowest BCUT2D eigenvalue weighted by Crippen LogP contribution is -2.35. The molecule has 1 aromatic rings. The third-order valence-electron chi connectivity index (χ3n) is 4.95. The SMILES string of the molecule is CCCCC1CCC(C(N)Cc2cccc(Cl)c2Cl)CC1. The summed E-state index contributed by atoms with van der Waals surface area (Å²) in [6, 6.07) is 6.03. The fourth-order valence-corrected chi connectivity index (χ4v) is 3.92. The van der Waals surface area contributed by atoms with Crippen molar-refractivity contribution in [2.24, 2.45) is 17.6 Å². The first-order valence-electron chi connectivity index (χ1n) is 8.30. The fourth-order valence-electron chi connectivity index (χ4n) is 3.52. The highest BCUT2D eigenvalue weighted by Crippen LogP contribution is 2.35. The Kier molecular flexibility index (Phi) is 6.85. The van der Waals surface area contributed by atoms with E-state index in [9.17, 15) is 0 Å². The molecule has 0 bridgehead atoms. The van der Waals surface area contributed by atoms with Gasteiger partial charge < -0.3 is 5.73 Å². The van der Waals surface area contributed by atoms with Crippen LogP contribution in [0.15, 0.2) is 18.2 Å². The van der Waals surface area contributed by atoms with Gasteiger partial charge in [-0.1, -0.05) is 74.4 Å². The molecule has 0 aromatic heterocycles. The molecule has 0 spiro atoms. The normalized spacial score (nSPS) is 24.0. The zero-order valence-electron chi connectivity index (χ0n) is 13.0. The molecule has 0 heterocycles. The quantitative estimate of drug-likeness (QED) is 0.695. The van der Waals surface area contributed by atoms with Gasteiger partial charge in [-0.3, -0.25) is 0 Å². The van der Waals surface area contributed by atoms with Gasteiger partial charge in [0.1, 0.15) is 0 Å². The van der Waals surface area contributed by atoms with Crippen LogP contribution in [0.3, 0.4) is 0 Å². The molecule has 0 amide bonds. The summed E-state index contributed by atoms with van der Waals surface area (Å²) in [5.74, 6) is 1.57. The van der Waals surface area contributed by atoms with Crippen LogP contribution in [-0.2, 0) is 6.42 Å². The van der Waals surface area contributed by atoms with Gasteiger partial charge >= 0.3 is 0 Å². The lowest BCUT2D eigenvalue weighted by atomic mass is 9.76. The number of rotatable bonds is 6. The predicted molar refractivity (Wildman–Crippen MR) is 93.1 cm³/mol. The highest BCUT2D eigenvalue weighted by molar-refractivity contribution is 6.42. The van der Waals surface area contributed by atoms with Gasteiger partial charge in [-0.25, -0.2) is 0 Å². The van der Waals surface area contributed by atoms with Crippen molar-refractivity contribution in [3.8, 4) is 0 Å². The maximum Gasteiger partial charge on any atom is 0.0624 e. The van der Waals surface area contributed by atoms with E-state index >= 15 is 0 Å². The Morgan fingerprint density at radius 1 is 1.19 bits per heavy atom. The second kappa shape index (κ2) is 8.41. The second-order valence-corrected chi connectivity index (χ2v) is 7.29. The minimum atomic E-state index is 0.202. The fraction of sp³-hybridized carbons (Fsp3) is 0.667. The van der Waals surface area contributed by atoms with E-state index in [0.29, 0.717) is 16.0 Å². The van der Waals surface area contributed by atoms with Crippen molar-refractivity contribution in [2.45, 2.75) is 64.3 Å². The van der Waals surface area contributed by atoms with E-state index in [-0.39, 0.29) is 6.04 Å². The van der Waals surface area contributed by atoms with E-state index in [4.69, 9.17) is 28.9 Å². The molecule has 1 aliphatic carbocycles. The summed E-state index contributed by atoms with van der Waals surface area (Å²) in [4.78, 5) is 0. The highest BCUT2D eigenvalue weighted by Gasteiger charge is 2.25. The number of benzene rings is 1. The minimum absolute atomic E-state index is 0.202. The molecule has 1 nitrogen and oxygen atoms in total. The number of unbranched alkanes of at least 4 members (excludes halogenated alkanes) is 1. The molecule has 1 saturated carbocycles. The summed E-state index contributed by atoms with van der Waals surface area (Å²) in [6.07, 6.45) is 10.2. The van der Waals surface area contributed by atoms with Gasteiger partial charge in [0.05, 0.1) is 10.0 Å². The number of hydrogen-bond donors (Lipinski definition) is 1. The van der Waals surface area contributed by atoms with Crippen molar-refractivity contribution in [3.05, 3.63) is 33.8 Å². The Bertz CT molecular complexity index is 439. The highest BCUT2D eigenvalue weighted by atomic mass is 35.5. The average Bonchev–Trinajstić information content (AvgIpc) is 2.50. The van der Waals surface area contributed by atoms with E-state index < -0.39 is 0 Å². The Balaban J connectivity index is 1.84. The monoisotopic (exact) mass is 327 g/mol. The molecule has 0 saturated heterocycles. The van der Waals surface area contributed by atoms with Crippen molar-refractivity contribution in [1.29, 1.82) is 0 Å². The van der Waals surface area contributed by atoms with Crippen LogP contribution in [0.1, 0.15) is 57.4 Å². The van der Waals surface area contributed by atoms with Gasteiger partial charge in [0.2, 0.25) is 0 Å². The van der Waals surface area contributed by atoms with E-state index in [1.807, 2.05) is 18.2 Å². The lowest BCUT2D eigenvalue weighted by molar-refractivity contribution is 0.231. The van der Waals surface area contributed by atoms with E-state index in [2.05, 4.69) is 6.92 Å². The van der Waals surface area contributed by atoms with Gasteiger partial charge in [0, 0.05) is 6.04 Å². The molecule has 1 fully saturated rings. The number of nitrogens with two attached hydrogens (primary N) is 1. The van der Waals surface area contributed by atoms with Gasteiger partial charge in [0.15, 0.2) is 0 Å². The van der Waals surface area contributed by atoms with Gasteiger partial charge in [-0.15, -0.1) is 0 Å². The first kappa shape index (κ1) is 17.1. The molecule has 2 N–H and O–H groups in total. The van der Waals surface area contributed by atoms with Crippen LogP contribution in [0.4, 0.5) is 0 Å². The molecular formula is C18H27Cl2N. The zero-order valence-corrected chi connectivity index (χ0v) is 14.5. The average molecular weight is 328 g/mol. The predicted octanol–water partition coefficient (Wildman–Crippen LogP) is 5.86. The van der Waals surface area contributed by atoms with Crippen LogP contribution in [0, 0.1) is 11.8 Å². The van der Waals surface area contributed by atoms with Crippen LogP contribution in [0.2, 0.25) is 10.0 Å².